The average Bonchev–Trinajstić information content (AvgIpc) is 2.14. The molecule has 5 heteroatoms. The van der Waals surface area contributed by atoms with Crippen molar-refractivity contribution < 1.29 is 9.90 Å². The maximum atomic E-state index is 10.4. The molecule has 0 saturated heterocycles. The van der Waals surface area contributed by atoms with E-state index in [2.05, 4.69) is 4.99 Å². The Hall–Kier alpha value is -1.36. The molecule has 0 aliphatic rings. The maximum absolute atomic E-state index is 10.4. The quantitative estimate of drug-likeness (QED) is 0.339. The highest BCUT2D eigenvalue weighted by Gasteiger charge is 2.09. The van der Waals surface area contributed by atoms with Gasteiger partial charge in [-0.3, -0.25) is 9.79 Å². The first kappa shape index (κ1) is 13.6. The van der Waals surface area contributed by atoms with Gasteiger partial charge in [-0.1, -0.05) is 11.6 Å². The number of rotatable bonds is 6. The van der Waals surface area contributed by atoms with Crippen LogP contribution in [-0.2, 0) is 4.79 Å². The average molecular weight is 213 g/mol. The molecular formula is C10H19N3O2. The minimum absolute atomic E-state index is 0.442. The molecule has 0 bridgehead atoms. The number of carboxylic acids is 1. The molecule has 0 aliphatic carbocycles. The summed E-state index contributed by atoms with van der Waals surface area (Å²) in [6.07, 6.45) is 3.03. The monoisotopic (exact) mass is 213 g/mol. The summed E-state index contributed by atoms with van der Waals surface area (Å²) in [7, 11) is 0. The van der Waals surface area contributed by atoms with Crippen molar-refractivity contribution in [2.45, 2.75) is 32.7 Å². The van der Waals surface area contributed by atoms with Crippen LogP contribution in [0.4, 0.5) is 0 Å². The number of allylic oxidation sites excluding steroid dienone is 1. The molecule has 0 heterocycles. The summed E-state index contributed by atoms with van der Waals surface area (Å²) < 4.78 is 0. The first-order chi connectivity index (χ1) is 6.93. The van der Waals surface area contributed by atoms with Gasteiger partial charge in [0, 0.05) is 0 Å². The number of aliphatic imine (C=N–C) groups is 1. The fraction of sp³-hybridized carbons (Fsp3) is 0.600. The van der Waals surface area contributed by atoms with Gasteiger partial charge in [-0.05, 0) is 26.7 Å². The van der Waals surface area contributed by atoms with Gasteiger partial charge in [-0.2, -0.15) is 0 Å². The van der Waals surface area contributed by atoms with Gasteiger partial charge in [0.15, 0.2) is 0 Å². The highest BCUT2D eigenvalue weighted by Crippen LogP contribution is 2.01. The Labute approximate surface area is 89.9 Å². The van der Waals surface area contributed by atoms with Crippen molar-refractivity contribution in [3.8, 4) is 0 Å². The van der Waals surface area contributed by atoms with E-state index in [4.69, 9.17) is 16.6 Å². The molecule has 0 aromatic carbocycles. The predicted octanol–water partition coefficient (Wildman–Crippen LogP) is 0.502. The molecule has 5 N–H and O–H groups in total. The molecule has 0 aromatic rings. The second-order valence-corrected chi connectivity index (χ2v) is 3.53. The lowest BCUT2D eigenvalue weighted by molar-refractivity contribution is -0.138. The maximum Gasteiger partial charge on any atom is 0.320 e. The van der Waals surface area contributed by atoms with Crippen molar-refractivity contribution in [1.29, 1.82) is 0 Å². The van der Waals surface area contributed by atoms with E-state index in [9.17, 15) is 4.79 Å². The van der Waals surface area contributed by atoms with E-state index in [1.807, 2.05) is 13.0 Å². The van der Waals surface area contributed by atoms with Crippen LogP contribution in [0.15, 0.2) is 16.6 Å². The van der Waals surface area contributed by atoms with E-state index in [1.165, 1.54) is 0 Å². The van der Waals surface area contributed by atoms with Crippen molar-refractivity contribution in [3.63, 3.8) is 0 Å². The SMILES string of the molecule is CC(=CCC[C@H](N)C(=O)O)CN=C(C)N. The second-order valence-electron chi connectivity index (χ2n) is 3.53. The van der Waals surface area contributed by atoms with Gasteiger partial charge in [-0.15, -0.1) is 0 Å². The van der Waals surface area contributed by atoms with Crippen LogP contribution in [-0.4, -0.2) is 29.5 Å². The molecule has 86 valence electrons. The lowest BCUT2D eigenvalue weighted by atomic mass is 10.1. The van der Waals surface area contributed by atoms with Crippen molar-refractivity contribution >= 4 is 11.8 Å². The molecule has 5 nitrogen and oxygen atoms in total. The van der Waals surface area contributed by atoms with Crippen molar-refractivity contribution in [2.75, 3.05) is 6.54 Å². The lowest BCUT2D eigenvalue weighted by Gasteiger charge is -2.03. The third kappa shape index (κ3) is 7.69. The Morgan fingerprint density at radius 3 is 2.60 bits per heavy atom. The highest BCUT2D eigenvalue weighted by molar-refractivity contribution is 5.77. The summed E-state index contributed by atoms with van der Waals surface area (Å²) in [6.45, 7) is 4.22. The number of nitrogens with zero attached hydrogens (tertiary/aromatic N) is 1. The Morgan fingerprint density at radius 2 is 2.13 bits per heavy atom. The van der Waals surface area contributed by atoms with E-state index < -0.39 is 12.0 Å². The topological polar surface area (TPSA) is 102 Å². The third-order valence-electron chi connectivity index (χ3n) is 1.87. The molecule has 1 atom stereocenters. The van der Waals surface area contributed by atoms with Crippen molar-refractivity contribution in [3.05, 3.63) is 11.6 Å². The van der Waals surface area contributed by atoms with Gasteiger partial charge < -0.3 is 16.6 Å². The van der Waals surface area contributed by atoms with Crippen LogP contribution in [0.2, 0.25) is 0 Å². The van der Waals surface area contributed by atoms with Crippen LogP contribution in [0.1, 0.15) is 26.7 Å². The standard InChI is InChI=1S/C10H19N3O2/c1-7(6-13-8(2)11)4-3-5-9(12)10(14)15/h4,9H,3,5-6,12H2,1-2H3,(H2,11,13)(H,14,15)/t9-/m0/s1. The smallest absolute Gasteiger partial charge is 0.320 e. The summed E-state index contributed by atoms with van der Waals surface area (Å²) in [6, 6.07) is -0.784. The zero-order valence-corrected chi connectivity index (χ0v) is 9.23. The minimum atomic E-state index is -0.961. The van der Waals surface area contributed by atoms with E-state index in [0.717, 1.165) is 5.57 Å². The molecule has 0 fully saturated rings. The summed E-state index contributed by atoms with van der Waals surface area (Å²) in [5.41, 5.74) is 11.8. The molecule has 0 aliphatic heterocycles. The third-order valence-corrected chi connectivity index (χ3v) is 1.87. The summed E-state index contributed by atoms with van der Waals surface area (Å²) in [5.74, 6) is -0.415. The number of nitrogens with two attached hydrogens (primary N) is 2. The number of carboxylic acid groups (broad SMARTS) is 1. The number of hydrogen-bond donors (Lipinski definition) is 3. The van der Waals surface area contributed by atoms with Gasteiger partial charge >= 0.3 is 5.97 Å². The molecule has 0 rings (SSSR count). The lowest BCUT2D eigenvalue weighted by Crippen LogP contribution is -2.29. The zero-order valence-electron chi connectivity index (χ0n) is 9.23. The van der Waals surface area contributed by atoms with Crippen LogP contribution < -0.4 is 11.5 Å². The summed E-state index contributed by atoms with van der Waals surface area (Å²) >= 11 is 0. The van der Waals surface area contributed by atoms with Gasteiger partial charge in [0.05, 0.1) is 12.4 Å². The van der Waals surface area contributed by atoms with Crippen LogP contribution in [0, 0.1) is 0 Å². The van der Waals surface area contributed by atoms with Gasteiger partial charge in [-0.25, -0.2) is 0 Å². The normalized spacial score (nSPS) is 15.1. The molecule has 0 aromatic heterocycles. The van der Waals surface area contributed by atoms with Gasteiger partial charge in [0.25, 0.3) is 0 Å². The largest absolute Gasteiger partial charge is 0.480 e. The van der Waals surface area contributed by atoms with Crippen molar-refractivity contribution in [1.82, 2.24) is 0 Å². The van der Waals surface area contributed by atoms with Crippen LogP contribution in [0.25, 0.3) is 0 Å². The van der Waals surface area contributed by atoms with Crippen LogP contribution in [0.5, 0.6) is 0 Å². The number of carbonyl (C=O) groups is 1. The Balaban J connectivity index is 3.86. The van der Waals surface area contributed by atoms with E-state index in [-0.39, 0.29) is 0 Å². The van der Waals surface area contributed by atoms with E-state index in [0.29, 0.717) is 25.2 Å². The Bertz CT molecular complexity index is 268. The molecule has 0 saturated carbocycles. The number of hydrogen-bond acceptors (Lipinski definition) is 3. The fourth-order valence-corrected chi connectivity index (χ4v) is 0.947. The molecule has 0 spiro atoms. The first-order valence-electron chi connectivity index (χ1n) is 4.84. The number of aliphatic carboxylic acids is 1. The summed E-state index contributed by atoms with van der Waals surface area (Å²) in [5, 5.41) is 8.54. The van der Waals surface area contributed by atoms with Gasteiger partial charge in [0.1, 0.15) is 6.04 Å². The fourth-order valence-electron chi connectivity index (χ4n) is 0.947. The molecule has 0 radical (unpaired) electrons. The molecular weight excluding hydrogens is 194 g/mol. The molecule has 0 amide bonds. The Morgan fingerprint density at radius 1 is 1.53 bits per heavy atom. The predicted molar refractivity (Wildman–Crippen MR) is 60.8 cm³/mol. The first-order valence-corrected chi connectivity index (χ1v) is 4.84. The zero-order chi connectivity index (χ0) is 11.8. The van der Waals surface area contributed by atoms with E-state index in [1.54, 1.807) is 6.92 Å². The minimum Gasteiger partial charge on any atom is -0.480 e. The number of amidine groups is 1. The van der Waals surface area contributed by atoms with Gasteiger partial charge in [0.2, 0.25) is 0 Å². The highest BCUT2D eigenvalue weighted by atomic mass is 16.4. The van der Waals surface area contributed by atoms with Crippen molar-refractivity contribution in [2.24, 2.45) is 16.5 Å². The Kier molecular flexibility index (Phi) is 6.37. The second kappa shape index (κ2) is 7.00. The molecule has 15 heavy (non-hydrogen) atoms. The summed E-state index contributed by atoms with van der Waals surface area (Å²) in [4.78, 5) is 14.4. The molecule has 0 unspecified atom stereocenters. The van der Waals surface area contributed by atoms with Crippen LogP contribution >= 0.6 is 0 Å². The van der Waals surface area contributed by atoms with E-state index >= 15 is 0 Å². The van der Waals surface area contributed by atoms with Crippen LogP contribution in [0.3, 0.4) is 0 Å².